The third kappa shape index (κ3) is 5.07. The fraction of sp³-hybridized carbons (Fsp3) is 0.176. The van der Waals surface area contributed by atoms with Crippen LogP contribution < -0.4 is 15.4 Å². The average Bonchev–Trinajstić information content (AvgIpc) is 3.27. The Morgan fingerprint density at radius 3 is 3.00 bits per heavy atom. The Kier molecular flexibility index (Phi) is 5.81. The normalized spacial score (nSPS) is 10.3. The lowest BCUT2D eigenvalue weighted by molar-refractivity contribution is 0.252. The molecule has 2 heterocycles. The van der Waals surface area contributed by atoms with Gasteiger partial charge in [-0.05, 0) is 30.0 Å². The zero-order valence-electron chi connectivity index (χ0n) is 12.9. The minimum Gasteiger partial charge on any atom is -0.487 e. The summed E-state index contributed by atoms with van der Waals surface area (Å²) in [7, 11) is 0. The molecule has 0 unspecified atom stereocenters. The van der Waals surface area contributed by atoms with Gasteiger partial charge in [0, 0.05) is 28.6 Å². The highest BCUT2D eigenvalue weighted by Crippen LogP contribution is 2.18. The second-order valence-electron chi connectivity index (χ2n) is 5.01. The van der Waals surface area contributed by atoms with E-state index in [4.69, 9.17) is 4.74 Å². The summed E-state index contributed by atoms with van der Waals surface area (Å²) < 4.78 is 5.68. The Bertz CT molecular complexity index is 758. The molecule has 124 valence electrons. The summed E-state index contributed by atoms with van der Waals surface area (Å²) in [5.74, 6) is 0.694. The number of hydrogen-bond donors (Lipinski definition) is 2. The van der Waals surface area contributed by atoms with Crippen LogP contribution in [0.2, 0.25) is 0 Å². The third-order valence-corrected chi connectivity index (χ3v) is 4.77. The van der Waals surface area contributed by atoms with Crippen molar-refractivity contribution in [1.29, 1.82) is 0 Å². The largest absolute Gasteiger partial charge is 0.487 e. The molecule has 24 heavy (non-hydrogen) atoms. The molecule has 2 N–H and O–H groups in total. The second kappa shape index (κ2) is 8.47. The number of urea groups is 1. The molecule has 7 heteroatoms. The topological polar surface area (TPSA) is 63.2 Å². The Morgan fingerprint density at radius 2 is 2.21 bits per heavy atom. The minimum atomic E-state index is -0.219. The number of aromatic nitrogens is 1. The maximum atomic E-state index is 11.9. The van der Waals surface area contributed by atoms with Crippen LogP contribution in [0.5, 0.6) is 5.75 Å². The average molecular weight is 359 g/mol. The first kappa shape index (κ1) is 16.5. The van der Waals surface area contributed by atoms with Crippen molar-refractivity contribution in [2.45, 2.75) is 13.0 Å². The highest BCUT2D eigenvalue weighted by Gasteiger charge is 2.04. The molecule has 2 amide bonds. The number of anilines is 1. The Labute approximate surface area is 148 Å². The number of benzene rings is 1. The lowest BCUT2D eigenvalue weighted by atomic mass is 10.3. The van der Waals surface area contributed by atoms with Gasteiger partial charge in [-0.2, -0.15) is 0 Å². The summed E-state index contributed by atoms with van der Waals surface area (Å²) in [6, 6.07) is 11.2. The van der Waals surface area contributed by atoms with E-state index < -0.39 is 0 Å². The van der Waals surface area contributed by atoms with Crippen LogP contribution in [0.4, 0.5) is 10.5 Å². The molecule has 0 saturated heterocycles. The maximum Gasteiger partial charge on any atom is 0.319 e. The molecule has 0 atom stereocenters. The van der Waals surface area contributed by atoms with Gasteiger partial charge in [0.2, 0.25) is 0 Å². The minimum absolute atomic E-state index is 0.219. The van der Waals surface area contributed by atoms with Crippen molar-refractivity contribution in [3.8, 4) is 5.75 Å². The van der Waals surface area contributed by atoms with E-state index in [-0.39, 0.29) is 6.03 Å². The van der Waals surface area contributed by atoms with Gasteiger partial charge < -0.3 is 15.4 Å². The van der Waals surface area contributed by atoms with E-state index in [1.165, 1.54) is 16.2 Å². The molecule has 0 aliphatic heterocycles. The van der Waals surface area contributed by atoms with Crippen molar-refractivity contribution < 1.29 is 9.53 Å². The first-order valence-corrected chi connectivity index (χ1v) is 9.29. The Balaban J connectivity index is 1.45. The fourth-order valence-electron chi connectivity index (χ4n) is 2.06. The molecular formula is C17H17N3O2S2. The summed E-state index contributed by atoms with van der Waals surface area (Å²) in [6.07, 6.45) is 0.835. The van der Waals surface area contributed by atoms with E-state index in [0.29, 0.717) is 24.6 Å². The maximum absolute atomic E-state index is 11.9. The van der Waals surface area contributed by atoms with E-state index in [2.05, 4.69) is 21.7 Å². The zero-order chi connectivity index (χ0) is 16.6. The zero-order valence-corrected chi connectivity index (χ0v) is 14.5. The van der Waals surface area contributed by atoms with Crippen LogP contribution in [0.15, 0.2) is 52.7 Å². The van der Waals surface area contributed by atoms with Crippen molar-refractivity contribution in [2.75, 3.05) is 11.9 Å². The monoisotopic (exact) mass is 359 g/mol. The summed E-state index contributed by atoms with van der Waals surface area (Å²) in [4.78, 5) is 17.4. The predicted molar refractivity (Wildman–Crippen MR) is 97.9 cm³/mol. The van der Waals surface area contributed by atoms with Crippen LogP contribution >= 0.6 is 22.7 Å². The quantitative estimate of drug-likeness (QED) is 0.666. The Morgan fingerprint density at radius 1 is 1.25 bits per heavy atom. The van der Waals surface area contributed by atoms with Gasteiger partial charge in [0.1, 0.15) is 12.4 Å². The summed E-state index contributed by atoms with van der Waals surface area (Å²) in [5, 5.41) is 9.65. The lowest BCUT2D eigenvalue weighted by Gasteiger charge is -2.09. The first-order chi connectivity index (χ1) is 11.8. The van der Waals surface area contributed by atoms with Crippen molar-refractivity contribution in [2.24, 2.45) is 0 Å². The number of rotatable bonds is 7. The molecule has 0 aliphatic rings. The number of nitrogens with zero attached hydrogens (tertiary/aromatic N) is 1. The highest BCUT2D eigenvalue weighted by atomic mass is 32.1. The molecule has 0 fully saturated rings. The van der Waals surface area contributed by atoms with Gasteiger partial charge in [0.25, 0.3) is 0 Å². The number of thiazole rings is 1. The number of hydrogen-bond acceptors (Lipinski definition) is 5. The van der Waals surface area contributed by atoms with Gasteiger partial charge in [-0.15, -0.1) is 22.7 Å². The lowest BCUT2D eigenvalue weighted by Crippen LogP contribution is -2.30. The van der Waals surface area contributed by atoms with Crippen LogP contribution in [0.3, 0.4) is 0 Å². The fourth-order valence-corrected chi connectivity index (χ4v) is 3.31. The smallest absolute Gasteiger partial charge is 0.319 e. The van der Waals surface area contributed by atoms with E-state index >= 15 is 0 Å². The van der Waals surface area contributed by atoms with E-state index in [1.54, 1.807) is 22.9 Å². The number of carbonyl (C=O) groups excluding carboxylic acids is 1. The van der Waals surface area contributed by atoms with Crippen LogP contribution in [0.25, 0.3) is 0 Å². The molecule has 3 aromatic rings. The number of ether oxygens (including phenoxy) is 1. The molecule has 5 nitrogen and oxygen atoms in total. The van der Waals surface area contributed by atoms with Crippen molar-refractivity contribution in [1.82, 2.24) is 10.3 Å². The van der Waals surface area contributed by atoms with Gasteiger partial charge in [-0.1, -0.05) is 12.1 Å². The first-order valence-electron chi connectivity index (χ1n) is 7.47. The Hall–Kier alpha value is -2.38. The molecule has 0 spiro atoms. The second-order valence-corrected chi connectivity index (χ2v) is 6.76. The molecule has 0 aliphatic carbocycles. The molecule has 2 aromatic heterocycles. The molecule has 0 bridgehead atoms. The van der Waals surface area contributed by atoms with Crippen LogP contribution in [0, 0.1) is 0 Å². The van der Waals surface area contributed by atoms with Gasteiger partial charge >= 0.3 is 6.03 Å². The SMILES string of the molecule is O=C(NCCc1cccs1)Nc1cccc(OCc2cscn2)c1. The predicted octanol–water partition coefficient (Wildman–Crippen LogP) is 4.15. The van der Waals surface area contributed by atoms with Crippen molar-refractivity contribution in [3.05, 3.63) is 63.2 Å². The molecule has 0 radical (unpaired) electrons. The summed E-state index contributed by atoms with van der Waals surface area (Å²) >= 11 is 3.23. The molecule has 3 rings (SSSR count). The standard InChI is InChI=1S/C17H17N3O2S2/c21-17(18-7-6-16-5-2-8-24-16)20-13-3-1-4-15(9-13)22-10-14-11-23-12-19-14/h1-5,8-9,11-12H,6-7,10H2,(H2,18,20,21). The van der Waals surface area contributed by atoms with E-state index in [9.17, 15) is 4.79 Å². The van der Waals surface area contributed by atoms with Gasteiger partial charge in [-0.3, -0.25) is 0 Å². The molecule has 1 aromatic carbocycles. The number of thiophene rings is 1. The number of amides is 2. The number of carbonyl (C=O) groups is 1. The number of nitrogens with one attached hydrogen (secondary N) is 2. The van der Waals surface area contributed by atoms with Crippen LogP contribution in [-0.4, -0.2) is 17.6 Å². The molecular weight excluding hydrogens is 342 g/mol. The van der Waals surface area contributed by atoms with Crippen LogP contribution in [-0.2, 0) is 13.0 Å². The van der Waals surface area contributed by atoms with Gasteiger partial charge in [0.05, 0.1) is 11.2 Å². The van der Waals surface area contributed by atoms with Crippen molar-refractivity contribution in [3.63, 3.8) is 0 Å². The molecule has 0 saturated carbocycles. The van der Waals surface area contributed by atoms with Crippen molar-refractivity contribution >= 4 is 34.4 Å². The van der Waals surface area contributed by atoms with Crippen LogP contribution in [0.1, 0.15) is 10.6 Å². The van der Waals surface area contributed by atoms with Gasteiger partial charge in [-0.25, -0.2) is 9.78 Å². The summed E-state index contributed by atoms with van der Waals surface area (Å²) in [5.41, 5.74) is 3.36. The van der Waals surface area contributed by atoms with E-state index in [1.807, 2.05) is 35.0 Å². The van der Waals surface area contributed by atoms with E-state index in [0.717, 1.165) is 12.1 Å². The van der Waals surface area contributed by atoms with Gasteiger partial charge in [0.15, 0.2) is 0 Å². The highest BCUT2D eigenvalue weighted by molar-refractivity contribution is 7.09. The summed E-state index contributed by atoms with van der Waals surface area (Å²) in [6.45, 7) is 1.02. The third-order valence-electron chi connectivity index (χ3n) is 3.20.